The molecule has 1 N–H and O–H groups in total. The van der Waals surface area contributed by atoms with Gasteiger partial charge in [-0.3, -0.25) is 0 Å². The summed E-state index contributed by atoms with van der Waals surface area (Å²) in [7, 11) is 0. The summed E-state index contributed by atoms with van der Waals surface area (Å²) in [5.41, 5.74) is 1.14. The average Bonchev–Trinajstić information content (AvgIpc) is 2.12. The van der Waals surface area contributed by atoms with Crippen LogP contribution < -0.4 is 5.32 Å². The van der Waals surface area contributed by atoms with Crippen LogP contribution >= 0.6 is 23.5 Å². The molecule has 2 rings (SSSR count). The minimum Gasteiger partial charge on any atom is -0.379 e. The van der Waals surface area contributed by atoms with E-state index in [0.717, 1.165) is 10.7 Å². The van der Waals surface area contributed by atoms with Gasteiger partial charge in [0.2, 0.25) is 0 Å². The largest absolute Gasteiger partial charge is 0.379 e. The van der Waals surface area contributed by atoms with Gasteiger partial charge in [-0.25, -0.2) is 4.98 Å². The normalized spacial score (nSPS) is 16.7. The number of nitrogens with zero attached hydrogens (tertiary/aromatic N) is 1. The highest BCUT2D eigenvalue weighted by Gasteiger charge is 2.17. The lowest BCUT2D eigenvalue weighted by Gasteiger charge is -2.26. The van der Waals surface area contributed by atoms with Crippen LogP contribution in [0.25, 0.3) is 0 Å². The molecule has 0 atom stereocenters. The number of thioether (sulfide) groups is 2. The monoisotopic (exact) mass is 212 g/mol. The molecule has 2 nitrogen and oxygen atoms in total. The molecule has 0 amide bonds. The van der Waals surface area contributed by atoms with E-state index in [9.17, 15) is 0 Å². The van der Waals surface area contributed by atoms with Crippen molar-refractivity contribution < 1.29 is 0 Å². The summed E-state index contributed by atoms with van der Waals surface area (Å²) in [6, 6.07) is 4.81. The highest BCUT2D eigenvalue weighted by molar-refractivity contribution is 8.00. The van der Waals surface area contributed by atoms with E-state index in [4.69, 9.17) is 0 Å². The van der Waals surface area contributed by atoms with Gasteiger partial charge in [-0.2, -0.15) is 11.8 Å². The minimum absolute atomic E-state index is 0.659. The van der Waals surface area contributed by atoms with Gasteiger partial charge in [0.1, 0.15) is 0 Å². The lowest BCUT2D eigenvalue weighted by atomic mass is 10.3. The molecule has 1 aliphatic rings. The molecule has 1 aliphatic heterocycles. The van der Waals surface area contributed by atoms with Gasteiger partial charge in [-0.15, -0.1) is 11.8 Å². The summed E-state index contributed by atoms with van der Waals surface area (Å²) in [4.78, 5) is 4.30. The molecule has 4 heteroatoms. The maximum absolute atomic E-state index is 4.30. The summed E-state index contributed by atoms with van der Waals surface area (Å²) in [6.45, 7) is 0. The molecule has 1 saturated heterocycles. The minimum atomic E-state index is 0.659. The van der Waals surface area contributed by atoms with Crippen molar-refractivity contribution in [2.45, 2.75) is 11.1 Å². The first-order valence-electron chi connectivity index (χ1n) is 4.23. The number of hydrogen-bond donors (Lipinski definition) is 1. The van der Waals surface area contributed by atoms with Crippen LogP contribution in [0.3, 0.4) is 0 Å². The lowest BCUT2D eigenvalue weighted by molar-refractivity contribution is 0.879. The Morgan fingerprint density at radius 1 is 1.54 bits per heavy atom. The number of aromatic nitrogens is 1. The molecule has 1 fully saturated rings. The second-order valence-corrected chi connectivity index (χ2v) is 4.87. The highest BCUT2D eigenvalue weighted by Crippen LogP contribution is 2.22. The first-order chi connectivity index (χ1) is 6.38. The summed E-state index contributed by atoms with van der Waals surface area (Å²) in [5.74, 6) is 2.45. The van der Waals surface area contributed by atoms with Crippen molar-refractivity contribution in [2.24, 2.45) is 0 Å². The van der Waals surface area contributed by atoms with Crippen LogP contribution in [-0.4, -0.2) is 28.8 Å². The molecule has 2 heterocycles. The van der Waals surface area contributed by atoms with Gasteiger partial charge >= 0.3 is 0 Å². The Bertz CT molecular complexity index is 269. The summed E-state index contributed by atoms with van der Waals surface area (Å²) in [6.07, 6.45) is 3.95. The second-order valence-electron chi connectivity index (χ2n) is 2.97. The molecule has 0 bridgehead atoms. The summed E-state index contributed by atoms with van der Waals surface area (Å²) in [5, 5.41) is 4.51. The van der Waals surface area contributed by atoms with Crippen LogP contribution in [0.4, 0.5) is 5.69 Å². The summed E-state index contributed by atoms with van der Waals surface area (Å²) >= 11 is 3.66. The first kappa shape index (κ1) is 9.21. The molecular formula is C9H12N2S2. The van der Waals surface area contributed by atoms with E-state index in [1.54, 1.807) is 11.8 Å². The molecule has 70 valence electrons. The van der Waals surface area contributed by atoms with E-state index in [-0.39, 0.29) is 0 Å². The topological polar surface area (TPSA) is 24.9 Å². The van der Waals surface area contributed by atoms with Gasteiger partial charge < -0.3 is 5.32 Å². The van der Waals surface area contributed by atoms with E-state index in [0.29, 0.717) is 6.04 Å². The zero-order valence-corrected chi connectivity index (χ0v) is 9.12. The van der Waals surface area contributed by atoms with Crippen molar-refractivity contribution in [1.82, 2.24) is 4.98 Å². The predicted molar refractivity (Wildman–Crippen MR) is 60.8 cm³/mol. The standard InChI is InChI=1S/C9H12N2S2/c1-12-9-3-2-7(4-10-9)11-8-5-13-6-8/h2-4,8,11H,5-6H2,1H3. The Morgan fingerprint density at radius 3 is 2.85 bits per heavy atom. The maximum Gasteiger partial charge on any atom is 0.0958 e. The summed E-state index contributed by atoms with van der Waals surface area (Å²) < 4.78 is 0. The van der Waals surface area contributed by atoms with Gasteiger partial charge in [0.15, 0.2) is 0 Å². The maximum atomic E-state index is 4.30. The number of pyridine rings is 1. The quantitative estimate of drug-likeness (QED) is 0.777. The Hall–Kier alpha value is -0.350. The van der Waals surface area contributed by atoms with Gasteiger partial charge in [0, 0.05) is 17.5 Å². The fourth-order valence-corrected chi connectivity index (χ4v) is 2.14. The number of nitrogens with one attached hydrogen (secondary N) is 1. The van der Waals surface area contributed by atoms with Crippen molar-refractivity contribution in [2.75, 3.05) is 23.1 Å². The van der Waals surface area contributed by atoms with Crippen molar-refractivity contribution in [3.05, 3.63) is 18.3 Å². The third-order valence-electron chi connectivity index (χ3n) is 1.95. The van der Waals surface area contributed by atoms with E-state index < -0.39 is 0 Å². The van der Waals surface area contributed by atoms with E-state index in [1.165, 1.54) is 11.5 Å². The molecule has 0 spiro atoms. The SMILES string of the molecule is CSc1ccc(NC2CSC2)cn1. The molecule has 13 heavy (non-hydrogen) atoms. The Labute approximate surface area is 86.9 Å². The van der Waals surface area contributed by atoms with E-state index >= 15 is 0 Å². The van der Waals surface area contributed by atoms with Crippen molar-refractivity contribution >= 4 is 29.2 Å². The van der Waals surface area contributed by atoms with E-state index in [1.807, 2.05) is 24.2 Å². The second kappa shape index (κ2) is 4.24. The molecule has 1 aromatic rings. The van der Waals surface area contributed by atoms with Gasteiger partial charge in [-0.05, 0) is 18.4 Å². The molecule has 1 aromatic heterocycles. The lowest BCUT2D eigenvalue weighted by Crippen LogP contribution is -2.33. The van der Waals surface area contributed by atoms with Crippen LogP contribution in [0, 0.1) is 0 Å². The molecule has 0 aliphatic carbocycles. The van der Waals surface area contributed by atoms with Gasteiger partial charge in [0.25, 0.3) is 0 Å². The fraction of sp³-hybridized carbons (Fsp3) is 0.444. The van der Waals surface area contributed by atoms with Gasteiger partial charge in [-0.1, -0.05) is 0 Å². The number of rotatable bonds is 3. The third-order valence-corrected chi connectivity index (χ3v) is 3.89. The number of anilines is 1. The Morgan fingerprint density at radius 2 is 2.38 bits per heavy atom. The first-order valence-corrected chi connectivity index (χ1v) is 6.61. The Balaban J connectivity index is 1.96. The smallest absolute Gasteiger partial charge is 0.0958 e. The predicted octanol–water partition coefficient (Wildman–Crippen LogP) is 2.33. The van der Waals surface area contributed by atoms with Crippen molar-refractivity contribution in [3.63, 3.8) is 0 Å². The van der Waals surface area contributed by atoms with Crippen molar-refractivity contribution in [1.29, 1.82) is 0 Å². The zero-order chi connectivity index (χ0) is 9.10. The van der Waals surface area contributed by atoms with E-state index in [2.05, 4.69) is 22.4 Å². The molecule has 0 radical (unpaired) electrons. The van der Waals surface area contributed by atoms with Crippen LogP contribution in [-0.2, 0) is 0 Å². The Kier molecular flexibility index (Phi) is 3.01. The van der Waals surface area contributed by atoms with Crippen LogP contribution in [0.2, 0.25) is 0 Å². The molecular weight excluding hydrogens is 200 g/mol. The molecule has 0 saturated carbocycles. The van der Waals surface area contributed by atoms with Crippen LogP contribution in [0.1, 0.15) is 0 Å². The van der Waals surface area contributed by atoms with Crippen LogP contribution in [0.15, 0.2) is 23.4 Å². The number of hydrogen-bond acceptors (Lipinski definition) is 4. The van der Waals surface area contributed by atoms with Crippen molar-refractivity contribution in [3.8, 4) is 0 Å². The zero-order valence-electron chi connectivity index (χ0n) is 7.49. The highest BCUT2D eigenvalue weighted by atomic mass is 32.2. The van der Waals surface area contributed by atoms with Crippen LogP contribution in [0.5, 0.6) is 0 Å². The van der Waals surface area contributed by atoms with Gasteiger partial charge in [0.05, 0.1) is 16.9 Å². The third kappa shape index (κ3) is 2.31. The molecule has 0 unspecified atom stereocenters. The fourth-order valence-electron chi connectivity index (χ4n) is 1.14. The molecule has 0 aromatic carbocycles. The average molecular weight is 212 g/mol.